The van der Waals surface area contributed by atoms with E-state index >= 15 is 0 Å². The fourth-order valence-corrected chi connectivity index (χ4v) is 5.96. The van der Waals surface area contributed by atoms with Crippen LogP contribution in [0, 0.1) is 23.4 Å². The third-order valence-electron chi connectivity index (χ3n) is 7.11. The maximum atomic E-state index is 14.8. The van der Waals surface area contributed by atoms with Crippen LogP contribution in [0.5, 0.6) is 5.75 Å². The van der Waals surface area contributed by atoms with Crippen LogP contribution in [-0.2, 0) is 10.0 Å². The Bertz CT molecular complexity index is 1630. The molecule has 0 aliphatic carbocycles. The molecule has 1 aromatic heterocycles. The van der Waals surface area contributed by atoms with E-state index in [1.165, 1.54) is 24.5 Å². The van der Waals surface area contributed by atoms with Gasteiger partial charge in [-0.15, -0.1) is 0 Å². The molecule has 220 valence electrons. The van der Waals surface area contributed by atoms with Gasteiger partial charge >= 0.3 is 0 Å². The van der Waals surface area contributed by atoms with Crippen LogP contribution in [0.2, 0.25) is 0 Å². The first-order chi connectivity index (χ1) is 20.2. The summed E-state index contributed by atoms with van der Waals surface area (Å²) >= 11 is 0. The molecule has 0 radical (unpaired) electrons. The molecule has 2 heterocycles. The SMILES string of the molecule is CN1CCC(CCOc2ccc(-c3cc(Nc4ccc(NS(=O)(=O)c5c(F)cccc5F)cc4)ncn3)cc2F)CC1. The summed E-state index contributed by atoms with van der Waals surface area (Å²) in [5.41, 5.74) is 1.70. The van der Waals surface area contributed by atoms with Crippen LogP contribution in [-0.4, -0.2) is 50.0 Å². The van der Waals surface area contributed by atoms with Gasteiger partial charge in [-0.25, -0.2) is 31.6 Å². The Labute approximate surface area is 242 Å². The molecule has 42 heavy (non-hydrogen) atoms. The van der Waals surface area contributed by atoms with Crippen LogP contribution in [0.15, 0.2) is 78.0 Å². The minimum Gasteiger partial charge on any atom is -0.491 e. The van der Waals surface area contributed by atoms with Crippen molar-refractivity contribution in [2.45, 2.75) is 24.2 Å². The average Bonchev–Trinajstić information content (AvgIpc) is 2.96. The van der Waals surface area contributed by atoms with E-state index in [2.05, 4.69) is 32.0 Å². The number of hydrogen-bond acceptors (Lipinski definition) is 7. The minimum absolute atomic E-state index is 0.107. The van der Waals surface area contributed by atoms with E-state index in [-0.39, 0.29) is 11.4 Å². The van der Waals surface area contributed by atoms with Crippen molar-refractivity contribution in [2.75, 3.05) is 36.8 Å². The smallest absolute Gasteiger partial charge is 0.267 e. The Kier molecular flexibility index (Phi) is 8.93. The number of ether oxygens (including phenoxy) is 1. The van der Waals surface area contributed by atoms with Crippen LogP contribution >= 0.6 is 0 Å². The van der Waals surface area contributed by atoms with Gasteiger partial charge in [0.25, 0.3) is 10.0 Å². The Balaban J connectivity index is 1.20. The topological polar surface area (TPSA) is 96.5 Å². The van der Waals surface area contributed by atoms with Gasteiger partial charge in [0.2, 0.25) is 0 Å². The Morgan fingerprint density at radius 1 is 0.905 bits per heavy atom. The number of rotatable bonds is 10. The molecule has 0 saturated carbocycles. The van der Waals surface area contributed by atoms with E-state index in [0.717, 1.165) is 50.6 Å². The molecule has 0 unspecified atom stereocenters. The molecule has 1 aliphatic heterocycles. The predicted molar refractivity (Wildman–Crippen MR) is 155 cm³/mol. The zero-order valence-corrected chi connectivity index (χ0v) is 23.7. The molecular formula is C30H30F3N5O3S. The fraction of sp³-hybridized carbons (Fsp3) is 0.267. The van der Waals surface area contributed by atoms with Crippen molar-refractivity contribution in [1.29, 1.82) is 0 Å². The standard InChI is InChI=1S/C30H30F3N5O3S/c1-38-14-11-20(12-15-38)13-16-41-28-10-5-21(17-26(28)33)27-18-29(35-19-34-27)36-22-6-8-23(9-7-22)37-42(39,40)30-24(31)3-2-4-25(30)32/h2-10,17-20,37H,11-16H2,1H3,(H,34,35,36). The van der Waals surface area contributed by atoms with Gasteiger partial charge in [0, 0.05) is 23.0 Å². The highest BCUT2D eigenvalue weighted by molar-refractivity contribution is 7.92. The van der Waals surface area contributed by atoms with Gasteiger partial charge in [0.1, 0.15) is 23.8 Å². The number of nitrogens with one attached hydrogen (secondary N) is 2. The van der Waals surface area contributed by atoms with Crippen LogP contribution < -0.4 is 14.8 Å². The minimum atomic E-state index is -4.48. The van der Waals surface area contributed by atoms with Crippen molar-refractivity contribution in [3.63, 3.8) is 0 Å². The van der Waals surface area contributed by atoms with Crippen LogP contribution in [0.4, 0.5) is 30.4 Å². The molecule has 0 atom stereocenters. The molecule has 0 bridgehead atoms. The number of nitrogens with zero attached hydrogens (tertiary/aromatic N) is 3. The molecule has 1 aliphatic rings. The zero-order valence-electron chi connectivity index (χ0n) is 22.9. The summed E-state index contributed by atoms with van der Waals surface area (Å²) in [7, 11) is -2.36. The van der Waals surface area contributed by atoms with Gasteiger partial charge in [-0.2, -0.15) is 0 Å². The van der Waals surface area contributed by atoms with E-state index < -0.39 is 32.4 Å². The number of hydrogen-bond donors (Lipinski definition) is 2. The van der Waals surface area contributed by atoms with Crippen molar-refractivity contribution >= 4 is 27.2 Å². The van der Waals surface area contributed by atoms with Crippen molar-refractivity contribution in [3.8, 4) is 17.0 Å². The van der Waals surface area contributed by atoms with E-state index in [0.29, 0.717) is 35.3 Å². The molecule has 5 rings (SSSR count). The third kappa shape index (κ3) is 7.18. The Morgan fingerprint density at radius 3 is 2.29 bits per heavy atom. The lowest BCUT2D eigenvalue weighted by Gasteiger charge is -2.28. The van der Waals surface area contributed by atoms with Gasteiger partial charge in [0.05, 0.1) is 12.3 Å². The van der Waals surface area contributed by atoms with Crippen molar-refractivity contribution in [2.24, 2.45) is 5.92 Å². The summed E-state index contributed by atoms with van der Waals surface area (Å²) in [4.78, 5) is 9.70. The molecule has 12 heteroatoms. The first kappa shape index (κ1) is 29.3. The second-order valence-corrected chi connectivity index (χ2v) is 11.8. The molecule has 3 aromatic carbocycles. The number of anilines is 3. The van der Waals surface area contributed by atoms with Crippen molar-refractivity contribution in [3.05, 3.63) is 90.5 Å². The highest BCUT2D eigenvalue weighted by Crippen LogP contribution is 2.28. The van der Waals surface area contributed by atoms with Gasteiger partial charge in [-0.3, -0.25) is 4.72 Å². The van der Waals surface area contributed by atoms with Gasteiger partial charge < -0.3 is 15.0 Å². The van der Waals surface area contributed by atoms with Gasteiger partial charge in [-0.05, 0) is 99.9 Å². The van der Waals surface area contributed by atoms with Gasteiger partial charge in [0.15, 0.2) is 16.5 Å². The monoisotopic (exact) mass is 597 g/mol. The molecule has 4 aromatic rings. The molecule has 8 nitrogen and oxygen atoms in total. The van der Waals surface area contributed by atoms with Crippen molar-refractivity contribution in [1.82, 2.24) is 14.9 Å². The quantitative estimate of drug-likeness (QED) is 0.224. The van der Waals surface area contributed by atoms with E-state index in [1.807, 2.05) is 0 Å². The Hall–Kier alpha value is -4.16. The van der Waals surface area contributed by atoms with Gasteiger partial charge in [-0.1, -0.05) is 6.07 Å². The highest BCUT2D eigenvalue weighted by Gasteiger charge is 2.24. The number of halogens is 3. The van der Waals surface area contributed by atoms with Crippen LogP contribution in [0.25, 0.3) is 11.3 Å². The lowest BCUT2D eigenvalue weighted by atomic mass is 9.94. The number of aromatic nitrogens is 2. The summed E-state index contributed by atoms with van der Waals surface area (Å²) in [6.45, 7) is 2.62. The number of piperidine rings is 1. The molecule has 0 amide bonds. The molecule has 0 spiro atoms. The highest BCUT2D eigenvalue weighted by atomic mass is 32.2. The predicted octanol–water partition coefficient (Wildman–Crippen LogP) is 6.22. The van der Waals surface area contributed by atoms with E-state index in [1.54, 1.807) is 30.3 Å². The number of benzene rings is 3. The average molecular weight is 598 g/mol. The first-order valence-electron chi connectivity index (χ1n) is 13.5. The lowest BCUT2D eigenvalue weighted by molar-refractivity contribution is 0.185. The maximum absolute atomic E-state index is 14.8. The summed E-state index contributed by atoms with van der Waals surface area (Å²) in [5, 5.41) is 3.07. The molecule has 1 fully saturated rings. The molecular weight excluding hydrogens is 567 g/mol. The maximum Gasteiger partial charge on any atom is 0.267 e. The summed E-state index contributed by atoms with van der Waals surface area (Å²) < 4.78 is 75.7. The third-order valence-corrected chi connectivity index (χ3v) is 8.55. The molecule has 1 saturated heterocycles. The summed E-state index contributed by atoms with van der Waals surface area (Å²) in [5.74, 6) is -1.64. The number of likely N-dealkylation sites (tertiary alicyclic amines) is 1. The summed E-state index contributed by atoms with van der Waals surface area (Å²) in [6.07, 6.45) is 4.50. The fourth-order valence-electron chi connectivity index (χ4n) is 4.76. The second kappa shape index (κ2) is 12.8. The second-order valence-electron chi connectivity index (χ2n) is 10.2. The first-order valence-corrected chi connectivity index (χ1v) is 14.9. The van der Waals surface area contributed by atoms with Crippen molar-refractivity contribution < 1.29 is 26.3 Å². The van der Waals surface area contributed by atoms with Crippen LogP contribution in [0.1, 0.15) is 19.3 Å². The largest absolute Gasteiger partial charge is 0.491 e. The Morgan fingerprint density at radius 2 is 1.60 bits per heavy atom. The molecule has 2 N–H and O–H groups in total. The lowest BCUT2D eigenvalue weighted by Crippen LogP contribution is -2.30. The van der Waals surface area contributed by atoms with Crippen LogP contribution in [0.3, 0.4) is 0 Å². The number of sulfonamides is 1. The summed E-state index contributed by atoms with van der Waals surface area (Å²) in [6, 6.07) is 15.2. The van der Waals surface area contributed by atoms with E-state index in [4.69, 9.17) is 4.74 Å². The van der Waals surface area contributed by atoms with E-state index in [9.17, 15) is 21.6 Å². The normalized spacial score (nSPS) is 14.5. The zero-order chi connectivity index (χ0) is 29.7.